The molecule has 0 saturated carbocycles. The molecule has 148 valence electrons. The molecule has 5 nitrogen and oxygen atoms in total. The smallest absolute Gasteiger partial charge is 0.248 e. The second kappa shape index (κ2) is 9.40. The molecule has 1 aliphatic rings. The highest BCUT2D eigenvalue weighted by Crippen LogP contribution is 2.30. The number of nitrogens with two attached hydrogens (primary N) is 1. The molecule has 0 aliphatic carbocycles. The van der Waals surface area contributed by atoms with Crippen LogP contribution >= 0.6 is 0 Å². The van der Waals surface area contributed by atoms with Crippen molar-refractivity contribution in [2.24, 2.45) is 5.73 Å². The lowest BCUT2D eigenvalue weighted by Crippen LogP contribution is -2.30. The second-order valence-corrected chi connectivity index (χ2v) is 7.36. The van der Waals surface area contributed by atoms with Crippen molar-refractivity contribution in [2.75, 3.05) is 23.3 Å². The van der Waals surface area contributed by atoms with Gasteiger partial charge >= 0.3 is 0 Å². The van der Waals surface area contributed by atoms with Crippen molar-refractivity contribution in [3.05, 3.63) is 59.2 Å². The number of anilines is 2. The third kappa shape index (κ3) is 5.12. The molecular weight excluding hydrogens is 350 g/mol. The number of hydrogen-bond donors (Lipinski definition) is 2. The van der Waals surface area contributed by atoms with Crippen molar-refractivity contribution >= 4 is 23.2 Å². The molecular formula is C23H29N3O2. The summed E-state index contributed by atoms with van der Waals surface area (Å²) in [5, 5.41) is 3.01. The SMILES string of the molecule is CCc1ccc(CCC(=O)Nc2cc(C(N)=O)ccc2N2CCCCC2)cc1. The zero-order valence-electron chi connectivity index (χ0n) is 16.5. The van der Waals surface area contributed by atoms with Gasteiger partial charge in [0, 0.05) is 25.1 Å². The maximum Gasteiger partial charge on any atom is 0.248 e. The van der Waals surface area contributed by atoms with E-state index in [9.17, 15) is 9.59 Å². The predicted molar refractivity (Wildman–Crippen MR) is 114 cm³/mol. The lowest BCUT2D eigenvalue weighted by Gasteiger charge is -2.30. The Morgan fingerprint density at radius 3 is 2.32 bits per heavy atom. The van der Waals surface area contributed by atoms with Crippen molar-refractivity contribution in [3.63, 3.8) is 0 Å². The summed E-state index contributed by atoms with van der Waals surface area (Å²) in [5.41, 5.74) is 9.92. The first-order valence-corrected chi connectivity index (χ1v) is 10.1. The number of piperidine rings is 1. The van der Waals surface area contributed by atoms with E-state index in [1.165, 1.54) is 12.0 Å². The molecule has 1 heterocycles. The minimum atomic E-state index is -0.489. The molecule has 5 heteroatoms. The number of carbonyl (C=O) groups excluding carboxylic acids is 2. The topological polar surface area (TPSA) is 75.4 Å². The molecule has 3 rings (SSSR count). The monoisotopic (exact) mass is 379 g/mol. The Labute approximate surface area is 166 Å². The molecule has 0 atom stereocenters. The van der Waals surface area contributed by atoms with Crippen LogP contribution in [0.15, 0.2) is 42.5 Å². The first-order valence-electron chi connectivity index (χ1n) is 10.1. The molecule has 0 spiro atoms. The average Bonchev–Trinajstić information content (AvgIpc) is 2.73. The predicted octanol–water partition coefficient (Wildman–Crippen LogP) is 3.91. The van der Waals surface area contributed by atoms with E-state index in [4.69, 9.17) is 5.73 Å². The number of carbonyl (C=O) groups is 2. The standard InChI is InChI=1S/C23H29N3O2/c1-2-17-6-8-18(9-7-17)10-13-22(27)25-20-16-19(23(24)28)11-12-21(20)26-14-4-3-5-15-26/h6-9,11-12,16H,2-5,10,13-15H2,1H3,(H2,24,28)(H,25,27). The normalized spacial score (nSPS) is 14.0. The Balaban J connectivity index is 1.70. The number of nitrogens with one attached hydrogen (secondary N) is 1. The molecule has 0 bridgehead atoms. The van der Waals surface area contributed by atoms with Gasteiger partial charge in [-0.05, 0) is 61.4 Å². The summed E-state index contributed by atoms with van der Waals surface area (Å²) in [6.07, 6.45) is 5.60. The lowest BCUT2D eigenvalue weighted by atomic mass is 10.1. The largest absolute Gasteiger partial charge is 0.370 e. The van der Waals surface area contributed by atoms with E-state index in [1.54, 1.807) is 12.1 Å². The van der Waals surface area contributed by atoms with E-state index in [1.807, 2.05) is 6.07 Å². The van der Waals surface area contributed by atoms with E-state index >= 15 is 0 Å². The molecule has 3 N–H and O–H groups in total. The zero-order valence-corrected chi connectivity index (χ0v) is 16.5. The van der Waals surface area contributed by atoms with Crippen molar-refractivity contribution in [1.29, 1.82) is 0 Å². The first-order chi connectivity index (χ1) is 13.6. The van der Waals surface area contributed by atoms with E-state index in [0.717, 1.165) is 43.6 Å². The van der Waals surface area contributed by atoms with Gasteiger partial charge in [-0.2, -0.15) is 0 Å². The van der Waals surface area contributed by atoms with E-state index in [-0.39, 0.29) is 5.91 Å². The zero-order chi connectivity index (χ0) is 19.9. The van der Waals surface area contributed by atoms with Crippen LogP contribution in [-0.4, -0.2) is 24.9 Å². The van der Waals surface area contributed by atoms with Crippen LogP contribution in [0.2, 0.25) is 0 Å². The van der Waals surface area contributed by atoms with Gasteiger partial charge in [-0.25, -0.2) is 0 Å². The summed E-state index contributed by atoms with van der Waals surface area (Å²) in [6.45, 7) is 4.05. The van der Waals surface area contributed by atoms with Crippen LogP contribution in [0.5, 0.6) is 0 Å². The van der Waals surface area contributed by atoms with Crippen LogP contribution in [0.1, 0.15) is 54.1 Å². The van der Waals surface area contributed by atoms with Gasteiger partial charge in [-0.1, -0.05) is 31.2 Å². The fourth-order valence-electron chi connectivity index (χ4n) is 3.61. The van der Waals surface area contributed by atoms with Crippen molar-refractivity contribution in [1.82, 2.24) is 0 Å². The Bertz CT molecular complexity index is 824. The van der Waals surface area contributed by atoms with E-state index < -0.39 is 5.91 Å². The number of nitrogens with zero attached hydrogens (tertiary/aromatic N) is 1. The Kier molecular flexibility index (Phi) is 6.69. The van der Waals surface area contributed by atoms with E-state index in [0.29, 0.717) is 24.1 Å². The summed E-state index contributed by atoms with van der Waals surface area (Å²) >= 11 is 0. The fourth-order valence-corrected chi connectivity index (χ4v) is 3.61. The molecule has 0 aromatic heterocycles. The van der Waals surface area contributed by atoms with Gasteiger partial charge in [0.2, 0.25) is 11.8 Å². The maximum absolute atomic E-state index is 12.6. The number of primary amides is 1. The summed E-state index contributed by atoms with van der Waals surface area (Å²) in [5.74, 6) is -0.545. The molecule has 1 fully saturated rings. The quantitative estimate of drug-likeness (QED) is 0.766. The number of amides is 2. The highest BCUT2D eigenvalue weighted by Gasteiger charge is 2.17. The van der Waals surface area contributed by atoms with Crippen LogP contribution in [0, 0.1) is 0 Å². The maximum atomic E-state index is 12.6. The molecule has 1 aliphatic heterocycles. The minimum absolute atomic E-state index is 0.0561. The van der Waals surface area contributed by atoms with Crippen LogP contribution < -0.4 is 16.0 Å². The molecule has 2 aromatic rings. The van der Waals surface area contributed by atoms with Gasteiger partial charge < -0.3 is 16.0 Å². The molecule has 2 amide bonds. The van der Waals surface area contributed by atoms with Crippen LogP contribution in [-0.2, 0) is 17.6 Å². The van der Waals surface area contributed by atoms with Crippen molar-refractivity contribution in [3.8, 4) is 0 Å². The number of rotatable bonds is 7. The van der Waals surface area contributed by atoms with Crippen LogP contribution in [0.25, 0.3) is 0 Å². The van der Waals surface area contributed by atoms with Gasteiger partial charge in [0.25, 0.3) is 0 Å². The third-order valence-corrected chi connectivity index (χ3v) is 5.32. The van der Waals surface area contributed by atoms with Gasteiger partial charge in [0.05, 0.1) is 11.4 Å². The van der Waals surface area contributed by atoms with E-state index in [2.05, 4.69) is 41.4 Å². The number of hydrogen-bond acceptors (Lipinski definition) is 3. The number of benzene rings is 2. The van der Waals surface area contributed by atoms with Crippen LogP contribution in [0.4, 0.5) is 11.4 Å². The number of aryl methyl sites for hydroxylation is 2. The summed E-state index contributed by atoms with van der Waals surface area (Å²) in [6, 6.07) is 13.7. The highest BCUT2D eigenvalue weighted by molar-refractivity contribution is 5.99. The van der Waals surface area contributed by atoms with Crippen molar-refractivity contribution < 1.29 is 9.59 Å². The van der Waals surface area contributed by atoms with Gasteiger partial charge in [0.1, 0.15) is 0 Å². The van der Waals surface area contributed by atoms with Gasteiger partial charge in [-0.15, -0.1) is 0 Å². The summed E-state index contributed by atoms with van der Waals surface area (Å²) in [7, 11) is 0. The Morgan fingerprint density at radius 1 is 1.00 bits per heavy atom. The van der Waals surface area contributed by atoms with Gasteiger partial charge in [0.15, 0.2) is 0 Å². The van der Waals surface area contributed by atoms with Crippen molar-refractivity contribution in [2.45, 2.75) is 45.4 Å². The summed E-state index contributed by atoms with van der Waals surface area (Å²) < 4.78 is 0. The summed E-state index contributed by atoms with van der Waals surface area (Å²) in [4.78, 5) is 26.4. The molecule has 0 radical (unpaired) electrons. The third-order valence-electron chi connectivity index (χ3n) is 5.32. The second-order valence-electron chi connectivity index (χ2n) is 7.36. The average molecular weight is 380 g/mol. The Hall–Kier alpha value is -2.82. The highest BCUT2D eigenvalue weighted by atomic mass is 16.2. The molecule has 0 unspecified atom stereocenters. The molecule has 2 aromatic carbocycles. The fraction of sp³-hybridized carbons (Fsp3) is 0.391. The molecule has 1 saturated heterocycles. The van der Waals surface area contributed by atoms with Gasteiger partial charge in [-0.3, -0.25) is 9.59 Å². The minimum Gasteiger partial charge on any atom is -0.370 e. The van der Waals surface area contributed by atoms with Crippen LogP contribution in [0.3, 0.4) is 0 Å². The first kappa shape index (κ1) is 19.9. The lowest BCUT2D eigenvalue weighted by molar-refractivity contribution is -0.116. The Morgan fingerprint density at radius 2 is 1.68 bits per heavy atom. The molecule has 28 heavy (non-hydrogen) atoms.